The van der Waals surface area contributed by atoms with Crippen molar-refractivity contribution in [2.75, 3.05) is 0 Å². The van der Waals surface area contributed by atoms with Crippen molar-refractivity contribution in [3.63, 3.8) is 0 Å². The lowest BCUT2D eigenvalue weighted by molar-refractivity contribution is 0.361. The Balaban J connectivity index is 2.04. The molecule has 0 aliphatic heterocycles. The van der Waals surface area contributed by atoms with Crippen LogP contribution in [0.2, 0.25) is 0 Å². The maximum absolute atomic E-state index is 5.30. The molecule has 2 rings (SSSR count). The molecule has 0 saturated carbocycles. The first-order chi connectivity index (χ1) is 9.35. The zero-order chi connectivity index (χ0) is 14.8. The minimum absolute atomic E-state index is 0.102. The number of hydrogen-bond donors (Lipinski definition) is 1. The summed E-state index contributed by atoms with van der Waals surface area (Å²) < 4.78 is 7.43. The van der Waals surface area contributed by atoms with Crippen molar-refractivity contribution in [1.82, 2.24) is 20.0 Å². The predicted molar refractivity (Wildman–Crippen MR) is 78.5 cm³/mol. The molecular weight excluding hydrogens is 252 g/mol. The zero-order valence-corrected chi connectivity index (χ0v) is 13.0. The highest BCUT2D eigenvalue weighted by Gasteiger charge is 2.13. The summed E-state index contributed by atoms with van der Waals surface area (Å²) >= 11 is 0. The molecule has 0 spiro atoms. The maximum Gasteiger partial charge on any atom is 0.246 e. The van der Waals surface area contributed by atoms with Gasteiger partial charge in [-0.3, -0.25) is 0 Å². The molecule has 0 atom stereocenters. The molecule has 0 unspecified atom stereocenters. The van der Waals surface area contributed by atoms with E-state index in [9.17, 15) is 0 Å². The van der Waals surface area contributed by atoms with Crippen molar-refractivity contribution in [3.05, 3.63) is 35.7 Å². The second-order valence-electron chi connectivity index (χ2n) is 6.43. The molecule has 5 heteroatoms. The van der Waals surface area contributed by atoms with Crippen molar-refractivity contribution in [2.45, 2.75) is 59.2 Å². The second-order valence-corrected chi connectivity index (χ2v) is 6.43. The SMILES string of the molecule is CC(C)c1noc(Cn2cccc2CNC(C)(C)C)n1. The first kappa shape index (κ1) is 14.8. The lowest BCUT2D eigenvalue weighted by Gasteiger charge is -2.21. The largest absolute Gasteiger partial charge is 0.341 e. The van der Waals surface area contributed by atoms with Crippen molar-refractivity contribution in [1.29, 1.82) is 0 Å². The third-order valence-electron chi connectivity index (χ3n) is 3.03. The van der Waals surface area contributed by atoms with Gasteiger partial charge in [-0.05, 0) is 32.9 Å². The van der Waals surface area contributed by atoms with E-state index in [2.05, 4.69) is 60.7 Å². The maximum atomic E-state index is 5.30. The van der Waals surface area contributed by atoms with E-state index >= 15 is 0 Å². The number of aromatic nitrogens is 3. The first-order valence-corrected chi connectivity index (χ1v) is 7.06. The highest BCUT2D eigenvalue weighted by Crippen LogP contribution is 2.12. The first-order valence-electron chi connectivity index (χ1n) is 7.06. The van der Waals surface area contributed by atoms with Crippen molar-refractivity contribution < 1.29 is 4.52 Å². The normalized spacial score (nSPS) is 12.3. The van der Waals surface area contributed by atoms with Crippen LogP contribution in [0.3, 0.4) is 0 Å². The Labute approximate surface area is 120 Å². The van der Waals surface area contributed by atoms with Gasteiger partial charge < -0.3 is 14.4 Å². The summed E-state index contributed by atoms with van der Waals surface area (Å²) in [5.41, 5.74) is 1.31. The number of rotatable bonds is 5. The molecule has 2 aromatic rings. The zero-order valence-electron chi connectivity index (χ0n) is 13.0. The van der Waals surface area contributed by atoms with Crippen LogP contribution in [0.15, 0.2) is 22.9 Å². The molecule has 0 aliphatic carbocycles. The van der Waals surface area contributed by atoms with Crippen LogP contribution < -0.4 is 5.32 Å². The molecule has 0 bridgehead atoms. The van der Waals surface area contributed by atoms with Gasteiger partial charge >= 0.3 is 0 Å². The van der Waals surface area contributed by atoms with Crippen LogP contribution in [0.25, 0.3) is 0 Å². The molecule has 2 aromatic heterocycles. The van der Waals surface area contributed by atoms with E-state index in [0.29, 0.717) is 18.4 Å². The second kappa shape index (κ2) is 5.79. The van der Waals surface area contributed by atoms with Gasteiger partial charge in [0.15, 0.2) is 5.82 Å². The summed E-state index contributed by atoms with van der Waals surface area (Å²) in [6.07, 6.45) is 2.04. The lowest BCUT2D eigenvalue weighted by atomic mass is 10.1. The number of nitrogens with zero attached hydrogens (tertiary/aromatic N) is 3. The van der Waals surface area contributed by atoms with Crippen LogP contribution in [0.1, 0.15) is 57.9 Å². The quantitative estimate of drug-likeness (QED) is 0.912. The lowest BCUT2D eigenvalue weighted by Crippen LogP contribution is -2.35. The average molecular weight is 276 g/mol. The van der Waals surface area contributed by atoms with E-state index in [1.807, 2.05) is 12.3 Å². The third-order valence-corrected chi connectivity index (χ3v) is 3.03. The Morgan fingerprint density at radius 1 is 1.35 bits per heavy atom. The standard InChI is InChI=1S/C15H24N4O/c1-11(2)14-17-13(20-18-14)10-19-8-6-7-12(19)9-16-15(3,4)5/h6-8,11,16H,9-10H2,1-5H3. The summed E-state index contributed by atoms with van der Waals surface area (Å²) in [7, 11) is 0. The van der Waals surface area contributed by atoms with Gasteiger partial charge in [-0.1, -0.05) is 19.0 Å². The van der Waals surface area contributed by atoms with Gasteiger partial charge in [0.05, 0.1) is 0 Å². The summed E-state index contributed by atoms with van der Waals surface area (Å²) in [5, 5.41) is 7.48. The van der Waals surface area contributed by atoms with Crippen molar-refractivity contribution >= 4 is 0 Å². The third kappa shape index (κ3) is 3.93. The molecule has 20 heavy (non-hydrogen) atoms. The van der Waals surface area contributed by atoms with E-state index < -0.39 is 0 Å². The Morgan fingerprint density at radius 2 is 2.10 bits per heavy atom. The van der Waals surface area contributed by atoms with Crippen LogP contribution in [0.5, 0.6) is 0 Å². The summed E-state index contributed by atoms with van der Waals surface area (Å²) in [5.74, 6) is 1.71. The highest BCUT2D eigenvalue weighted by atomic mass is 16.5. The molecule has 0 aromatic carbocycles. The van der Waals surface area contributed by atoms with Gasteiger partial charge in [0.2, 0.25) is 5.89 Å². The smallest absolute Gasteiger partial charge is 0.246 e. The molecule has 5 nitrogen and oxygen atoms in total. The predicted octanol–water partition coefficient (Wildman–Crippen LogP) is 2.93. The van der Waals surface area contributed by atoms with E-state index in [1.165, 1.54) is 5.69 Å². The van der Waals surface area contributed by atoms with Crippen LogP contribution in [0.4, 0.5) is 0 Å². The topological polar surface area (TPSA) is 55.9 Å². The Morgan fingerprint density at radius 3 is 2.70 bits per heavy atom. The van der Waals surface area contributed by atoms with Crippen LogP contribution in [-0.4, -0.2) is 20.2 Å². The van der Waals surface area contributed by atoms with Gasteiger partial charge in [-0.25, -0.2) is 0 Å². The van der Waals surface area contributed by atoms with Gasteiger partial charge in [0.1, 0.15) is 6.54 Å². The van der Waals surface area contributed by atoms with Gasteiger partial charge in [-0.2, -0.15) is 4.98 Å². The summed E-state index contributed by atoms with van der Waals surface area (Å²) in [6, 6.07) is 4.15. The molecule has 110 valence electrons. The summed E-state index contributed by atoms with van der Waals surface area (Å²) in [4.78, 5) is 4.42. The molecule has 2 heterocycles. The van der Waals surface area contributed by atoms with Crippen molar-refractivity contribution in [3.8, 4) is 0 Å². The Hall–Kier alpha value is -1.62. The minimum Gasteiger partial charge on any atom is -0.341 e. The highest BCUT2D eigenvalue weighted by molar-refractivity contribution is 5.09. The van der Waals surface area contributed by atoms with Gasteiger partial charge in [-0.15, -0.1) is 0 Å². The van der Waals surface area contributed by atoms with Gasteiger partial charge in [0.25, 0.3) is 0 Å². The van der Waals surface area contributed by atoms with Crippen molar-refractivity contribution in [2.24, 2.45) is 0 Å². The van der Waals surface area contributed by atoms with Crippen LogP contribution in [0, 0.1) is 0 Å². The van der Waals surface area contributed by atoms with E-state index in [1.54, 1.807) is 0 Å². The molecular formula is C15H24N4O. The van der Waals surface area contributed by atoms with Gasteiger partial charge in [0, 0.05) is 29.9 Å². The number of nitrogens with one attached hydrogen (secondary N) is 1. The molecule has 0 radical (unpaired) electrons. The molecule has 1 N–H and O–H groups in total. The van der Waals surface area contributed by atoms with E-state index in [0.717, 1.165) is 12.4 Å². The fourth-order valence-electron chi connectivity index (χ4n) is 1.83. The Kier molecular flexibility index (Phi) is 4.28. The molecule has 0 fully saturated rings. The fraction of sp³-hybridized carbons (Fsp3) is 0.600. The monoisotopic (exact) mass is 276 g/mol. The molecule has 0 aliphatic rings. The van der Waals surface area contributed by atoms with Crippen LogP contribution >= 0.6 is 0 Å². The number of hydrogen-bond acceptors (Lipinski definition) is 4. The van der Waals surface area contributed by atoms with E-state index in [-0.39, 0.29) is 5.54 Å². The Bertz CT molecular complexity index is 548. The summed E-state index contributed by atoms with van der Waals surface area (Å²) in [6.45, 7) is 12.0. The average Bonchev–Trinajstić information content (AvgIpc) is 2.95. The van der Waals surface area contributed by atoms with E-state index in [4.69, 9.17) is 4.52 Å². The minimum atomic E-state index is 0.102. The fourth-order valence-corrected chi connectivity index (χ4v) is 1.83. The molecule has 0 amide bonds. The molecule has 0 saturated heterocycles. The van der Waals surface area contributed by atoms with Crippen LogP contribution in [-0.2, 0) is 13.1 Å².